The first-order valence-corrected chi connectivity index (χ1v) is 5.99. The van der Waals surface area contributed by atoms with E-state index < -0.39 is 0 Å². The molecule has 0 bridgehead atoms. The zero-order valence-corrected chi connectivity index (χ0v) is 8.65. The van der Waals surface area contributed by atoms with Crippen LogP contribution in [0.3, 0.4) is 0 Å². The highest BCUT2D eigenvalue weighted by molar-refractivity contribution is 4.99. The van der Waals surface area contributed by atoms with Crippen LogP contribution in [0.1, 0.15) is 25.7 Å². The van der Waals surface area contributed by atoms with Gasteiger partial charge in [-0.3, -0.25) is 0 Å². The summed E-state index contributed by atoms with van der Waals surface area (Å²) in [6, 6.07) is 2.50. The first-order chi connectivity index (χ1) is 6.86. The van der Waals surface area contributed by atoms with Gasteiger partial charge in [0.25, 0.3) is 0 Å². The topological polar surface area (TPSA) is 27.0 Å². The molecule has 0 amide bonds. The molecule has 3 atom stereocenters. The first kappa shape index (κ1) is 8.73. The molecule has 0 aromatic carbocycles. The molecule has 2 nitrogen and oxygen atoms in total. The Morgan fingerprint density at radius 1 is 1.29 bits per heavy atom. The molecule has 3 unspecified atom stereocenters. The van der Waals surface area contributed by atoms with Gasteiger partial charge in [0.2, 0.25) is 0 Å². The number of fused-ring (bicyclic) bond motifs is 1. The number of piperidine rings is 1. The van der Waals surface area contributed by atoms with Crippen molar-refractivity contribution in [2.45, 2.75) is 25.7 Å². The zero-order chi connectivity index (χ0) is 9.54. The summed E-state index contributed by atoms with van der Waals surface area (Å²) in [5, 5.41) is 9.07. The van der Waals surface area contributed by atoms with Crippen LogP contribution in [0.25, 0.3) is 0 Å². The Morgan fingerprint density at radius 3 is 2.79 bits per heavy atom. The summed E-state index contributed by atoms with van der Waals surface area (Å²) >= 11 is 0. The summed E-state index contributed by atoms with van der Waals surface area (Å²) in [6.45, 7) is 3.60. The van der Waals surface area contributed by atoms with Gasteiger partial charge < -0.3 is 4.90 Å². The minimum absolute atomic E-state index is 0.338. The Hall–Kier alpha value is -0.550. The lowest BCUT2D eigenvalue weighted by molar-refractivity contribution is 0.196. The van der Waals surface area contributed by atoms with Crippen molar-refractivity contribution >= 4 is 0 Å². The molecule has 1 heterocycles. The highest BCUT2D eigenvalue weighted by Gasteiger charge is 2.42. The second kappa shape index (κ2) is 3.24. The van der Waals surface area contributed by atoms with Gasteiger partial charge in [-0.1, -0.05) is 0 Å². The van der Waals surface area contributed by atoms with Gasteiger partial charge in [-0.15, -0.1) is 0 Å². The van der Waals surface area contributed by atoms with Crippen molar-refractivity contribution in [3.8, 4) is 6.07 Å². The van der Waals surface area contributed by atoms with Crippen molar-refractivity contribution in [3.05, 3.63) is 0 Å². The third kappa shape index (κ3) is 1.66. The minimum atomic E-state index is 0.338. The number of hydrogen-bond donors (Lipinski definition) is 0. The minimum Gasteiger partial charge on any atom is -0.302 e. The second-order valence-corrected chi connectivity index (χ2v) is 5.38. The summed E-state index contributed by atoms with van der Waals surface area (Å²) in [7, 11) is 0. The molecule has 2 heteroatoms. The molecule has 1 saturated heterocycles. The number of nitrogens with zero attached hydrogens (tertiary/aromatic N) is 2. The Kier molecular flexibility index (Phi) is 2.02. The lowest BCUT2D eigenvalue weighted by Gasteiger charge is -2.27. The number of rotatable bonds is 3. The SMILES string of the molecule is N#CC(CN1CCC2CC2C1)C1CC1. The van der Waals surface area contributed by atoms with Gasteiger partial charge in [0.05, 0.1) is 12.0 Å². The van der Waals surface area contributed by atoms with E-state index in [4.69, 9.17) is 5.26 Å². The number of hydrogen-bond acceptors (Lipinski definition) is 2. The fourth-order valence-electron chi connectivity index (χ4n) is 2.90. The quantitative estimate of drug-likeness (QED) is 0.679. The highest BCUT2D eigenvalue weighted by Crippen LogP contribution is 2.45. The average molecular weight is 190 g/mol. The fraction of sp³-hybridized carbons (Fsp3) is 0.917. The van der Waals surface area contributed by atoms with E-state index in [2.05, 4.69) is 11.0 Å². The van der Waals surface area contributed by atoms with Crippen LogP contribution >= 0.6 is 0 Å². The van der Waals surface area contributed by atoms with Crippen LogP contribution < -0.4 is 0 Å². The molecule has 2 aliphatic carbocycles. The van der Waals surface area contributed by atoms with E-state index in [9.17, 15) is 0 Å². The van der Waals surface area contributed by atoms with E-state index >= 15 is 0 Å². The summed E-state index contributed by atoms with van der Waals surface area (Å²) in [5.41, 5.74) is 0. The van der Waals surface area contributed by atoms with Crippen LogP contribution in [-0.4, -0.2) is 24.5 Å². The monoisotopic (exact) mass is 190 g/mol. The van der Waals surface area contributed by atoms with E-state index in [0.717, 1.165) is 24.3 Å². The molecule has 0 aromatic rings. The molecule has 1 aliphatic heterocycles. The van der Waals surface area contributed by atoms with Gasteiger partial charge in [0.1, 0.15) is 0 Å². The fourth-order valence-corrected chi connectivity index (χ4v) is 2.90. The predicted octanol–water partition coefficient (Wildman–Crippen LogP) is 1.88. The molecule has 76 valence electrons. The Balaban J connectivity index is 1.52. The Morgan fingerprint density at radius 2 is 2.14 bits per heavy atom. The van der Waals surface area contributed by atoms with Crippen molar-refractivity contribution in [3.63, 3.8) is 0 Å². The molecular weight excluding hydrogens is 172 g/mol. The van der Waals surface area contributed by atoms with Crippen molar-refractivity contribution in [1.82, 2.24) is 4.90 Å². The molecule has 14 heavy (non-hydrogen) atoms. The lowest BCUT2D eigenvalue weighted by Crippen LogP contribution is -2.35. The maximum atomic E-state index is 9.07. The molecule has 2 saturated carbocycles. The van der Waals surface area contributed by atoms with Gasteiger partial charge >= 0.3 is 0 Å². The van der Waals surface area contributed by atoms with Crippen molar-refractivity contribution in [2.75, 3.05) is 19.6 Å². The van der Waals surface area contributed by atoms with Crippen LogP contribution in [0.2, 0.25) is 0 Å². The van der Waals surface area contributed by atoms with Gasteiger partial charge in [-0.2, -0.15) is 5.26 Å². The number of likely N-dealkylation sites (tertiary alicyclic amines) is 1. The summed E-state index contributed by atoms with van der Waals surface area (Å²) < 4.78 is 0. The molecular formula is C12H18N2. The normalized spacial score (nSPS) is 38.5. The average Bonchev–Trinajstić information content (AvgIpc) is 3.04. The second-order valence-electron chi connectivity index (χ2n) is 5.38. The molecule has 0 spiro atoms. The van der Waals surface area contributed by atoms with E-state index in [-0.39, 0.29) is 0 Å². The van der Waals surface area contributed by atoms with Crippen LogP contribution in [0, 0.1) is 35.0 Å². The van der Waals surface area contributed by atoms with E-state index in [0.29, 0.717) is 5.92 Å². The molecule has 3 rings (SSSR count). The van der Waals surface area contributed by atoms with Crippen molar-refractivity contribution < 1.29 is 0 Å². The first-order valence-electron chi connectivity index (χ1n) is 5.99. The maximum absolute atomic E-state index is 9.07. The van der Waals surface area contributed by atoms with E-state index in [1.54, 1.807) is 0 Å². The van der Waals surface area contributed by atoms with Gasteiger partial charge in [0, 0.05) is 13.1 Å². The largest absolute Gasteiger partial charge is 0.302 e. The van der Waals surface area contributed by atoms with Crippen molar-refractivity contribution in [1.29, 1.82) is 5.26 Å². The zero-order valence-electron chi connectivity index (χ0n) is 8.65. The van der Waals surface area contributed by atoms with E-state index in [1.165, 1.54) is 38.8 Å². The standard InChI is InChI=1S/C12H18N2/c13-6-12(9-1-2-9)8-14-4-3-10-5-11(10)7-14/h9-12H,1-5,7-8H2. The molecule has 0 radical (unpaired) electrons. The Labute approximate surface area is 85.9 Å². The van der Waals surface area contributed by atoms with Gasteiger partial charge in [0.15, 0.2) is 0 Å². The molecule has 3 aliphatic rings. The number of nitriles is 1. The predicted molar refractivity (Wildman–Crippen MR) is 54.5 cm³/mol. The lowest BCUT2D eigenvalue weighted by atomic mass is 10.0. The third-order valence-electron chi connectivity index (χ3n) is 4.19. The summed E-state index contributed by atoms with van der Waals surface area (Å²) in [5.74, 6) is 3.15. The molecule has 0 aromatic heterocycles. The summed E-state index contributed by atoms with van der Waals surface area (Å²) in [4.78, 5) is 2.54. The van der Waals surface area contributed by atoms with E-state index in [1.807, 2.05) is 0 Å². The smallest absolute Gasteiger partial charge is 0.0672 e. The van der Waals surface area contributed by atoms with Crippen LogP contribution in [-0.2, 0) is 0 Å². The third-order valence-corrected chi connectivity index (χ3v) is 4.19. The van der Waals surface area contributed by atoms with Gasteiger partial charge in [-0.25, -0.2) is 0 Å². The Bertz CT molecular complexity index is 264. The van der Waals surface area contributed by atoms with Crippen molar-refractivity contribution in [2.24, 2.45) is 23.7 Å². The summed E-state index contributed by atoms with van der Waals surface area (Å²) in [6.07, 6.45) is 5.47. The van der Waals surface area contributed by atoms with Crippen LogP contribution in [0.4, 0.5) is 0 Å². The van der Waals surface area contributed by atoms with Crippen LogP contribution in [0.5, 0.6) is 0 Å². The van der Waals surface area contributed by atoms with Crippen LogP contribution in [0.15, 0.2) is 0 Å². The van der Waals surface area contributed by atoms with Gasteiger partial charge in [-0.05, 0) is 50.0 Å². The highest BCUT2D eigenvalue weighted by atomic mass is 15.1. The maximum Gasteiger partial charge on any atom is 0.0672 e. The molecule has 0 N–H and O–H groups in total. The molecule has 3 fully saturated rings.